The van der Waals surface area contributed by atoms with Crippen molar-refractivity contribution in [3.63, 3.8) is 0 Å². The minimum absolute atomic E-state index is 0.259. The van der Waals surface area contributed by atoms with E-state index in [1.165, 1.54) is 0 Å². The zero-order valence-corrected chi connectivity index (χ0v) is 14.1. The van der Waals surface area contributed by atoms with Gasteiger partial charge in [-0.1, -0.05) is 18.2 Å². The van der Waals surface area contributed by atoms with E-state index in [0.717, 1.165) is 28.4 Å². The SMILES string of the molecule is CCOC(=O)C(N)Cc1ccc(OCc2ccc3c(c2)OCO3)cc1. The number of ether oxygens (including phenoxy) is 4. The highest BCUT2D eigenvalue weighted by Crippen LogP contribution is 2.32. The molecule has 2 aromatic carbocycles. The predicted octanol–water partition coefficient (Wildman–Crippen LogP) is 2.43. The van der Waals surface area contributed by atoms with Gasteiger partial charge in [-0.3, -0.25) is 4.79 Å². The fraction of sp³-hybridized carbons (Fsp3) is 0.316. The molecular weight excluding hydrogens is 322 g/mol. The van der Waals surface area contributed by atoms with Crippen molar-refractivity contribution < 1.29 is 23.7 Å². The first-order valence-corrected chi connectivity index (χ1v) is 8.18. The Kier molecular flexibility index (Phi) is 5.40. The number of esters is 1. The molecule has 0 aliphatic carbocycles. The molecule has 1 atom stereocenters. The maximum absolute atomic E-state index is 11.6. The molecule has 0 saturated heterocycles. The monoisotopic (exact) mass is 343 g/mol. The molecular formula is C19H21NO5. The third-order valence-electron chi connectivity index (χ3n) is 3.81. The van der Waals surface area contributed by atoms with Crippen LogP contribution in [0.5, 0.6) is 17.2 Å². The van der Waals surface area contributed by atoms with E-state index in [4.69, 9.17) is 24.7 Å². The minimum Gasteiger partial charge on any atom is -0.489 e. The molecule has 1 aliphatic heterocycles. The van der Waals surface area contributed by atoms with Gasteiger partial charge < -0.3 is 24.7 Å². The molecule has 1 unspecified atom stereocenters. The highest BCUT2D eigenvalue weighted by Gasteiger charge is 2.15. The normalized spacial score (nSPS) is 13.4. The van der Waals surface area contributed by atoms with Gasteiger partial charge in [-0.15, -0.1) is 0 Å². The van der Waals surface area contributed by atoms with Crippen molar-refractivity contribution >= 4 is 5.97 Å². The fourth-order valence-electron chi connectivity index (χ4n) is 2.51. The highest BCUT2D eigenvalue weighted by molar-refractivity contribution is 5.75. The van der Waals surface area contributed by atoms with Crippen LogP contribution in [0.1, 0.15) is 18.1 Å². The van der Waals surface area contributed by atoms with Gasteiger partial charge in [0.1, 0.15) is 18.4 Å². The second kappa shape index (κ2) is 7.90. The first kappa shape index (κ1) is 17.1. The summed E-state index contributed by atoms with van der Waals surface area (Å²) in [5, 5.41) is 0. The number of nitrogens with two attached hydrogens (primary N) is 1. The van der Waals surface area contributed by atoms with Gasteiger partial charge in [0, 0.05) is 0 Å². The van der Waals surface area contributed by atoms with Crippen LogP contribution in [0.3, 0.4) is 0 Å². The van der Waals surface area contributed by atoms with Gasteiger partial charge in [0.05, 0.1) is 6.61 Å². The van der Waals surface area contributed by atoms with Crippen LogP contribution >= 0.6 is 0 Å². The van der Waals surface area contributed by atoms with Crippen molar-refractivity contribution in [2.75, 3.05) is 13.4 Å². The molecule has 3 rings (SSSR count). The van der Waals surface area contributed by atoms with Crippen LogP contribution < -0.4 is 19.9 Å². The van der Waals surface area contributed by atoms with Crippen molar-refractivity contribution in [3.8, 4) is 17.2 Å². The largest absolute Gasteiger partial charge is 0.489 e. The van der Waals surface area contributed by atoms with Crippen molar-refractivity contribution in [2.24, 2.45) is 5.73 Å². The van der Waals surface area contributed by atoms with Crippen molar-refractivity contribution in [2.45, 2.75) is 26.0 Å². The summed E-state index contributed by atoms with van der Waals surface area (Å²) in [7, 11) is 0. The van der Waals surface area contributed by atoms with Crippen LogP contribution in [-0.4, -0.2) is 25.4 Å². The number of hydrogen-bond donors (Lipinski definition) is 1. The molecule has 2 aromatic rings. The van der Waals surface area contributed by atoms with Gasteiger partial charge in [-0.05, 0) is 48.7 Å². The second-order valence-electron chi connectivity index (χ2n) is 5.68. The first-order valence-electron chi connectivity index (χ1n) is 8.18. The van der Waals surface area contributed by atoms with Crippen molar-refractivity contribution in [1.82, 2.24) is 0 Å². The molecule has 6 nitrogen and oxygen atoms in total. The number of benzene rings is 2. The Bertz CT molecular complexity index is 729. The Morgan fingerprint density at radius 3 is 2.60 bits per heavy atom. The summed E-state index contributed by atoms with van der Waals surface area (Å²) in [6.45, 7) is 2.78. The third-order valence-corrected chi connectivity index (χ3v) is 3.81. The van der Waals surface area contributed by atoms with Gasteiger partial charge in [0.2, 0.25) is 6.79 Å². The van der Waals surface area contributed by atoms with Gasteiger partial charge in [0.15, 0.2) is 11.5 Å². The molecule has 0 spiro atoms. The average molecular weight is 343 g/mol. The van der Waals surface area contributed by atoms with Gasteiger partial charge in [-0.25, -0.2) is 0 Å². The quantitative estimate of drug-likeness (QED) is 0.778. The molecule has 0 saturated carbocycles. The molecule has 0 bridgehead atoms. The molecule has 0 radical (unpaired) electrons. The Morgan fingerprint density at radius 1 is 1.12 bits per heavy atom. The van der Waals surface area contributed by atoms with E-state index in [1.807, 2.05) is 42.5 Å². The lowest BCUT2D eigenvalue weighted by molar-refractivity contribution is -0.144. The molecule has 0 amide bonds. The summed E-state index contributed by atoms with van der Waals surface area (Å²) in [5.41, 5.74) is 7.78. The lowest BCUT2D eigenvalue weighted by atomic mass is 10.1. The smallest absolute Gasteiger partial charge is 0.323 e. The van der Waals surface area contributed by atoms with Crippen LogP contribution in [0.25, 0.3) is 0 Å². The standard InChI is InChI=1S/C19H21NO5/c1-2-22-19(21)16(20)9-13-3-6-15(7-4-13)23-11-14-5-8-17-18(10-14)25-12-24-17/h3-8,10,16H,2,9,11-12,20H2,1H3. The summed E-state index contributed by atoms with van der Waals surface area (Å²) < 4.78 is 21.3. The summed E-state index contributed by atoms with van der Waals surface area (Å²) in [5.74, 6) is 1.85. The van der Waals surface area contributed by atoms with Crippen LogP contribution in [0, 0.1) is 0 Å². The third kappa shape index (κ3) is 4.42. The summed E-state index contributed by atoms with van der Waals surface area (Å²) in [4.78, 5) is 11.6. The highest BCUT2D eigenvalue weighted by atomic mass is 16.7. The topological polar surface area (TPSA) is 80.0 Å². The zero-order chi connectivity index (χ0) is 17.6. The van der Waals surface area contributed by atoms with Crippen molar-refractivity contribution in [3.05, 3.63) is 53.6 Å². The molecule has 25 heavy (non-hydrogen) atoms. The lowest BCUT2D eigenvalue weighted by Gasteiger charge is -2.11. The second-order valence-corrected chi connectivity index (χ2v) is 5.68. The maximum Gasteiger partial charge on any atom is 0.323 e. The van der Waals surface area contributed by atoms with Crippen LogP contribution in [-0.2, 0) is 22.6 Å². The van der Waals surface area contributed by atoms with Gasteiger partial charge >= 0.3 is 5.97 Å². The zero-order valence-electron chi connectivity index (χ0n) is 14.1. The predicted molar refractivity (Wildman–Crippen MR) is 91.7 cm³/mol. The van der Waals surface area contributed by atoms with Crippen LogP contribution in [0.2, 0.25) is 0 Å². The maximum atomic E-state index is 11.6. The van der Waals surface area contributed by atoms with E-state index in [1.54, 1.807) is 6.92 Å². The molecule has 0 aromatic heterocycles. The number of carbonyl (C=O) groups excluding carboxylic acids is 1. The van der Waals surface area contributed by atoms with Crippen LogP contribution in [0.4, 0.5) is 0 Å². The number of hydrogen-bond acceptors (Lipinski definition) is 6. The molecule has 132 valence electrons. The summed E-state index contributed by atoms with van der Waals surface area (Å²) in [6, 6.07) is 12.6. The Balaban J connectivity index is 1.53. The minimum atomic E-state index is -0.652. The number of carbonyl (C=O) groups is 1. The van der Waals surface area contributed by atoms with Crippen LogP contribution in [0.15, 0.2) is 42.5 Å². The Labute approximate surface area is 146 Å². The summed E-state index contributed by atoms with van der Waals surface area (Å²) >= 11 is 0. The van der Waals surface area contributed by atoms with E-state index in [9.17, 15) is 4.79 Å². The Morgan fingerprint density at radius 2 is 1.84 bits per heavy atom. The fourth-order valence-corrected chi connectivity index (χ4v) is 2.51. The molecule has 1 aliphatic rings. The van der Waals surface area contributed by atoms with Gasteiger partial charge in [0.25, 0.3) is 0 Å². The Hall–Kier alpha value is -2.73. The number of rotatable bonds is 7. The molecule has 1 heterocycles. The van der Waals surface area contributed by atoms with E-state index in [0.29, 0.717) is 19.6 Å². The van der Waals surface area contributed by atoms with Gasteiger partial charge in [-0.2, -0.15) is 0 Å². The van der Waals surface area contributed by atoms with E-state index >= 15 is 0 Å². The average Bonchev–Trinajstić information content (AvgIpc) is 3.09. The lowest BCUT2D eigenvalue weighted by Crippen LogP contribution is -2.34. The van der Waals surface area contributed by atoms with E-state index < -0.39 is 6.04 Å². The van der Waals surface area contributed by atoms with Crippen molar-refractivity contribution in [1.29, 1.82) is 0 Å². The first-order chi connectivity index (χ1) is 12.2. The van der Waals surface area contributed by atoms with E-state index in [-0.39, 0.29) is 12.8 Å². The summed E-state index contributed by atoms with van der Waals surface area (Å²) in [6.07, 6.45) is 0.432. The molecule has 0 fully saturated rings. The van der Waals surface area contributed by atoms with E-state index in [2.05, 4.69) is 0 Å². The molecule has 6 heteroatoms. The molecule has 2 N–H and O–H groups in total. The number of fused-ring (bicyclic) bond motifs is 1.